The molecule has 0 fully saturated rings. The van der Waals surface area contributed by atoms with Crippen LogP contribution in [0.15, 0.2) is 53.6 Å². The summed E-state index contributed by atoms with van der Waals surface area (Å²) >= 11 is 0. The average molecular weight is 321 g/mol. The fourth-order valence-corrected chi connectivity index (χ4v) is 1.98. The van der Waals surface area contributed by atoms with E-state index in [-0.39, 0.29) is 5.71 Å². The van der Waals surface area contributed by atoms with Gasteiger partial charge in [-0.3, -0.25) is 10.8 Å². The van der Waals surface area contributed by atoms with Gasteiger partial charge >= 0.3 is 5.97 Å². The highest BCUT2D eigenvalue weighted by Crippen LogP contribution is 2.24. The number of benzene rings is 2. The normalized spacial score (nSPS) is 10.6. The summed E-state index contributed by atoms with van der Waals surface area (Å²) in [6.45, 7) is 0. The molecule has 0 heterocycles. The molecule has 2 rings (SSSR count). The third-order valence-electron chi connectivity index (χ3n) is 3.14. The van der Waals surface area contributed by atoms with Crippen LogP contribution in [0.5, 0.6) is 0 Å². The highest BCUT2D eigenvalue weighted by Gasteiger charge is 2.07. The molecule has 24 heavy (non-hydrogen) atoms. The van der Waals surface area contributed by atoms with E-state index in [1.807, 2.05) is 12.1 Å². The van der Waals surface area contributed by atoms with Gasteiger partial charge in [0, 0.05) is 0 Å². The van der Waals surface area contributed by atoms with Gasteiger partial charge in [-0.05, 0) is 35.4 Å². The summed E-state index contributed by atoms with van der Waals surface area (Å²) in [6, 6.07) is 16.0. The largest absolute Gasteiger partial charge is 0.465 e. The predicted molar refractivity (Wildman–Crippen MR) is 91.8 cm³/mol. The Bertz CT molecular complexity index is 852. The number of nitrogens with zero attached hydrogens (tertiary/aromatic N) is 2. The van der Waals surface area contributed by atoms with Crippen LogP contribution in [0, 0.1) is 16.7 Å². The van der Waals surface area contributed by atoms with Crippen LogP contribution in [-0.4, -0.2) is 24.6 Å². The number of ether oxygens (including phenoxy) is 1. The fraction of sp³-hybridized carbons (Fsp3) is 0.0588. The molecule has 0 bridgehead atoms. The monoisotopic (exact) mass is 321 g/mol. The molecule has 0 atom stereocenters. The van der Waals surface area contributed by atoms with Crippen molar-refractivity contribution in [3.63, 3.8) is 0 Å². The molecule has 0 aromatic heterocycles. The number of esters is 1. The van der Waals surface area contributed by atoms with Crippen molar-refractivity contribution in [2.75, 3.05) is 12.5 Å². The van der Waals surface area contributed by atoms with Crippen molar-refractivity contribution in [3.05, 3.63) is 54.1 Å². The number of rotatable bonds is 5. The number of nitrogens with two attached hydrogens (primary N) is 1. The maximum absolute atomic E-state index is 11.6. The summed E-state index contributed by atoms with van der Waals surface area (Å²) < 4.78 is 4.72. The molecule has 120 valence electrons. The van der Waals surface area contributed by atoms with E-state index in [2.05, 4.69) is 10.5 Å². The van der Waals surface area contributed by atoms with Crippen LogP contribution in [0.25, 0.3) is 11.1 Å². The molecule has 0 saturated carbocycles. The topological polar surface area (TPSA) is 124 Å². The molecule has 7 heteroatoms. The van der Waals surface area contributed by atoms with Gasteiger partial charge in [0.15, 0.2) is 5.84 Å². The molecular weight excluding hydrogens is 306 g/mol. The number of carbonyl (C=O) groups excluding carboxylic acids is 1. The number of anilines is 1. The quantitative estimate of drug-likeness (QED) is 0.337. The van der Waals surface area contributed by atoms with Crippen LogP contribution >= 0.6 is 0 Å². The summed E-state index contributed by atoms with van der Waals surface area (Å²) in [5.41, 5.74) is 10.5. The van der Waals surface area contributed by atoms with Crippen molar-refractivity contribution in [3.8, 4) is 17.2 Å². The first-order valence-corrected chi connectivity index (χ1v) is 6.92. The van der Waals surface area contributed by atoms with E-state index in [0.29, 0.717) is 11.3 Å². The van der Waals surface area contributed by atoms with Gasteiger partial charge in [0.2, 0.25) is 5.71 Å². The van der Waals surface area contributed by atoms with E-state index in [1.165, 1.54) is 7.11 Å². The Morgan fingerprint density at radius 3 is 2.54 bits per heavy atom. The predicted octanol–water partition coefficient (Wildman–Crippen LogP) is 2.37. The number of nitrogens with one attached hydrogen (secondary N) is 2. The van der Waals surface area contributed by atoms with Gasteiger partial charge in [-0.2, -0.15) is 10.4 Å². The second kappa shape index (κ2) is 7.56. The van der Waals surface area contributed by atoms with Crippen molar-refractivity contribution in [2.24, 2.45) is 10.8 Å². The van der Waals surface area contributed by atoms with E-state index in [0.717, 1.165) is 11.1 Å². The minimum Gasteiger partial charge on any atom is -0.465 e. The molecule has 0 aliphatic heterocycles. The van der Waals surface area contributed by atoms with Crippen molar-refractivity contribution in [2.45, 2.75) is 0 Å². The van der Waals surface area contributed by atoms with Crippen molar-refractivity contribution < 1.29 is 9.53 Å². The van der Waals surface area contributed by atoms with Crippen LogP contribution in [-0.2, 0) is 4.74 Å². The van der Waals surface area contributed by atoms with Gasteiger partial charge in [-0.25, -0.2) is 4.79 Å². The first-order valence-electron chi connectivity index (χ1n) is 6.92. The highest BCUT2D eigenvalue weighted by molar-refractivity contribution is 6.45. The number of methoxy groups -OCH3 is 1. The molecule has 0 unspecified atom stereocenters. The Balaban J connectivity index is 2.30. The summed E-state index contributed by atoms with van der Waals surface area (Å²) in [6.07, 6.45) is 0. The Morgan fingerprint density at radius 1 is 1.25 bits per heavy atom. The molecule has 2 aromatic carbocycles. The second-order valence-electron chi connectivity index (χ2n) is 4.75. The average Bonchev–Trinajstić information content (AvgIpc) is 2.61. The lowest BCUT2D eigenvalue weighted by Gasteiger charge is -2.07. The van der Waals surface area contributed by atoms with Gasteiger partial charge < -0.3 is 10.5 Å². The van der Waals surface area contributed by atoms with Crippen molar-refractivity contribution >= 4 is 23.2 Å². The Morgan fingerprint density at radius 2 is 1.92 bits per heavy atom. The molecule has 0 saturated heterocycles. The summed E-state index contributed by atoms with van der Waals surface area (Å²) in [4.78, 5) is 11.6. The van der Waals surface area contributed by atoms with Crippen LogP contribution in [0.2, 0.25) is 0 Å². The van der Waals surface area contributed by atoms with E-state index < -0.39 is 11.8 Å². The molecule has 4 N–H and O–H groups in total. The minimum atomic E-state index is -0.410. The van der Waals surface area contributed by atoms with E-state index in [4.69, 9.17) is 21.1 Å². The third-order valence-corrected chi connectivity index (χ3v) is 3.14. The fourth-order valence-electron chi connectivity index (χ4n) is 1.98. The van der Waals surface area contributed by atoms with Crippen LogP contribution in [0.3, 0.4) is 0 Å². The van der Waals surface area contributed by atoms with Gasteiger partial charge in [-0.15, -0.1) is 0 Å². The summed E-state index contributed by atoms with van der Waals surface area (Å²) in [5, 5.41) is 19.8. The van der Waals surface area contributed by atoms with Crippen LogP contribution in [0.4, 0.5) is 5.69 Å². The molecule has 2 aromatic rings. The zero-order valence-electron chi connectivity index (χ0n) is 12.9. The molecule has 0 aliphatic carbocycles. The molecule has 0 spiro atoms. The van der Waals surface area contributed by atoms with Gasteiger partial charge in [0.05, 0.1) is 18.4 Å². The zero-order chi connectivity index (χ0) is 17.5. The maximum atomic E-state index is 11.6. The number of carbonyl (C=O) groups is 1. The van der Waals surface area contributed by atoms with Crippen LogP contribution in [0.1, 0.15) is 10.4 Å². The summed E-state index contributed by atoms with van der Waals surface area (Å²) in [7, 11) is 1.33. The van der Waals surface area contributed by atoms with Gasteiger partial charge in [0.1, 0.15) is 6.07 Å². The number of amidine groups is 1. The standard InChI is InChI=1S/C17H15N5O2/c1-24-17(23)13-6-2-4-11(8-13)12-5-3-7-14(9-12)21-22-15(10-18)16(19)20/h2-9,21H,1H3,(H3,19,20)/b22-15+. The van der Waals surface area contributed by atoms with Crippen molar-refractivity contribution in [1.82, 2.24) is 0 Å². The molecular formula is C17H15N5O2. The first-order chi connectivity index (χ1) is 11.5. The lowest BCUT2D eigenvalue weighted by Crippen LogP contribution is -2.21. The minimum absolute atomic E-state index is 0.201. The molecule has 0 amide bonds. The Kier molecular flexibility index (Phi) is 5.26. The SMILES string of the molecule is COC(=O)c1cccc(-c2cccc(N/N=C(\C#N)C(=N)N)c2)c1. The number of hydrogen-bond acceptors (Lipinski definition) is 6. The smallest absolute Gasteiger partial charge is 0.337 e. The number of hydrazone groups is 1. The van der Waals surface area contributed by atoms with E-state index >= 15 is 0 Å². The summed E-state index contributed by atoms with van der Waals surface area (Å²) in [5.74, 6) is -0.817. The van der Waals surface area contributed by atoms with Gasteiger partial charge in [0.25, 0.3) is 0 Å². The zero-order valence-corrected chi connectivity index (χ0v) is 12.9. The number of hydrogen-bond donors (Lipinski definition) is 3. The van der Waals surface area contributed by atoms with E-state index in [9.17, 15) is 4.79 Å². The maximum Gasteiger partial charge on any atom is 0.337 e. The first kappa shape index (κ1) is 16.7. The van der Waals surface area contributed by atoms with Gasteiger partial charge in [-0.1, -0.05) is 24.3 Å². The molecule has 0 radical (unpaired) electrons. The third kappa shape index (κ3) is 3.96. The number of nitriles is 1. The Hall–Kier alpha value is -3.66. The van der Waals surface area contributed by atoms with Crippen LogP contribution < -0.4 is 11.2 Å². The van der Waals surface area contributed by atoms with Crippen molar-refractivity contribution in [1.29, 1.82) is 10.7 Å². The Labute approximate surface area is 138 Å². The van der Waals surface area contributed by atoms with E-state index in [1.54, 1.807) is 42.5 Å². The molecule has 7 nitrogen and oxygen atoms in total. The molecule has 0 aliphatic rings. The lowest BCUT2D eigenvalue weighted by molar-refractivity contribution is 0.0601. The highest BCUT2D eigenvalue weighted by atomic mass is 16.5. The lowest BCUT2D eigenvalue weighted by atomic mass is 10.0. The second-order valence-corrected chi connectivity index (χ2v) is 4.75.